The van der Waals surface area contributed by atoms with Crippen molar-refractivity contribution in [2.75, 3.05) is 13.1 Å². The van der Waals surface area contributed by atoms with Gasteiger partial charge in [-0.2, -0.15) is 0 Å². The molecule has 1 aromatic heterocycles. The molecule has 1 saturated heterocycles. The third-order valence-corrected chi connectivity index (χ3v) is 3.97. The quantitative estimate of drug-likeness (QED) is 0.865. The third kappa shape index (κ3) is 3.30. The SMILES string of the molecule is O=C(Cc1ccccc1-c1[c]nccc1)N1CCCCC1. The molecule has 107 valence electrons. The molecule has 1 aromatic carbocycles. The van der Waals surface area contributed by atoms with Crippen molar-refractivity contribution in [3.8, 4) is 11.1 Å². The standard InChI is InChI=1S/C18H19N2O/c21-18(20-11-4-1-5-12-20)13-15-7-2-3-9-17(15)16-8-6-10-19-14-16/h2-3,6-10H,1,4-5,11-13H2. The zero-order valence-electron chi connectivity index (χ0n) is 12.1. The molecule has 1 fully saturated rings. The number of carbonyl (C=O) groups is 1. The van der Waals surface area contributed by atoms with E-state index in [0.717, 1.165) is 42.6 Å². The molecule has 1 aliphatic heterocycles. The molecule has 21 heavy (non-hydrogen) atoms. The van der Waals surface area contributed by atoms with Gasteiger partial charge in [-0.05, 0) is 36.5 Å². The fourth-order valence-corrected chi connectivity index (χ4v) is 2.83. The van der Waals surface area contributed by atoms with Crippen molar-refractivity contribution in [1.82, 2.24) is 9.88 Å². The summed E-state index contributed by atoms with van der Waals surface area (Å²) in [7, 11) is 0. The van der Waals surface area contributed by atoms with Gasteiger partial charge in [0.25, 0.3) is 0 Å². The number of amides is 1. The van der Waals surface area contributed by atoms with Crippen molar-refractivity contribution in [2.24, 2.45) is 0 Å². The maximum Gasteiger partial charge on any atom is 0.227 e. The van der Waals surface area contributed by atoms with Gasteiger partial charge in [-0.25, -0.2) is 0 Å². The summed E-state index contributed by atoms with van der Waals surface area (Å²) in [6.07, 6.45) is 8.67. The second-order valence-electron chi connectivity index (χ2n) is 5.44. The van der Waals surface area contributed by atoms with Gasteiger partial charge in [0.05, 0.1) is 12.6 Å². The molecule has 0 N–H and O–H groups in total. The Morgan fingerprint density at radius 3 is 2.67 bits per heavy atom. The van der Waals surface area contributed by atoms with E-state index in [0.29, 0.717) is 6.42 Å². The van der Waals surface area contributed by atoms with Gasteiger partial charge in [0.15, 0.2) is 0 Å². The lowest BCUT2D eigenvalue weighted by Crippen LogP contribution is -2.36. The molecule has 1 amide bonds. The predicted molar refractivity (Wildman–Crippen MR) is 82.6 cm³/mol. The summed E-state index contributed by atoms with van der Waals surface area (Å²) >= 11 is 0. The zero-order valence-corrected chi connectivity index (χ0v) is 12.1. The number of likely N-dealkylation sites (tertiary alicyclic amines) is 1. The van der Waals surface area contributed by atoms with E-state index >= 15 is 0 Å². The Morgan fingerprint density at radius 1 is 1.10 bits per heavy atom. The molecule has 0 spiro atoms. The van der Waals surface area contributed by atoms with E-state index in [1.54, 1.807) is 6.20 Å². The first-order valence-corrected chi connectivity index (χ1v) is 7.53. The number of hydrogen-bond donors (Lipinski definition) is 0. The number of aromatic nitrogens is 1. The van der Waals surface area contributed by atoms with Crippen LogP contribution >= 0.6 is 0 Å². The Labute approximate surface area is 125 Å². The fraction of sp³-hybridized carbons (Fsp3) is 0.333. The van der Waals surface area contributed by atoms with Crippen LogP contribution in [0.3, 0.4) is 0 Å². The summed E-state index contributed by atoms with van der Waals surface area (Å²) in [6.45, 7) is 1.81. The average Bonchev–Trinajstić information content (AvgIpc) is 2.57. The molecule has 1 aliphatic rings. The van der Waals surface area contributed by atoms with Crippen LogP contribution in [0, 0.1) is 6.20 Å². The Balaban J connectivity index is 1.81. The normalized spacial score (nSPS) is 15.0. The highest BCUT2D eigenvalue weighted by Crippen LogP contribution is 2.23. The molecule has 1 radical (unpaired) electrons. The molecule has 0 unspecified atom stereocenters. The first kappa shape index (κ1) is 13.8. The minimum absolute atomic E-state index is 0.228. The van der Waals surface area contributed by atoms with Gasteiger partial charge >= 0.3 is 0 Å². The van der Waals surface area contributed by atoms with Gasteiger partial charge in [0.2, 0.25) is 5.91 Å². The Morgan fingerprint density at radius 2 is 1.90 bits per heavy atom. The van der Waals surface area contributed by atoms with Crippen molar-refractivity contribution < 1.29 is 4.79 Å². The van der Waals surface area contributed by atoms with E-state index in [2.05, 4.69) is 11.2 Å². The van der Waals surface area contributed by atoms with Gasteiger partial charge in [-0.1, -0.05) is 30.3 Å². The lowest BCUT2D eigenvalue weighted by Gasteiger charge is -2.27. The molecule has 3 nitrogen and oxygen atoms in total. The number of piperidine rings is 1. The van der Waals surface area contributed by atoms with Gasteiger partial charge in [0, 0.05) is 24.8 Å². The van der Waals surface area contributed by atoms with Crippen LogP contribution in [0.25, 0.3) is 11.1 Å². The van der Waals surface area contributed by atoms with Crippen molar-refractivity contribution in [3.63, 3.8) is 0 Å². The smallest absolute Gasteiger partial charge is 0.227 e. The summed E-state index contributed by atoms with van der Waals surface area (Å²) in [6, 6.07) is 11.9. The van der Waals surface area contributed by atoms with E-state index in [-0.39, 0.29) is 5.91 Å². The van der Waals surface area contributed by atoms with Gasteiger partial charge < -0.3 is 4.90 Å². The van der Waals surface area contributed by atoms with Crippen molar-refractivity contribution in [1.29, 1.82) is 0 Å². The van der Waals surface area contributed by atoms with Gasteiger partial charge in [-0.15, -0.1) is 0 Å². The molecule has 0 saturated carbocycles. The maximum atomic E-state index is 12.5. The summed E-state index contributed by atoms with van der Waals surface area (Å²) in [5.41, 5.74) is 3.05. The van der Waals surface area contributed by atoms with Crippen LogP contribution in [0.4, 0.5) is 0 Å². The van der Waals surface area contributed by atoms with Crippen molar-refractivity contribution >= 4 is 5.91 Å². The lowest BCUT2D eigenvalue weighted by molar-refractivity contribution is -0.131. The van der Waals surface area contributed by atoms with E-state index in [9.17, 15) is 4.79 Å². The molecular weight excluding hydrogens is 260 g/mol. The molecule has 0 bridgehead atoms. The van der Waals surface area contributed by atoms with Crippen molar-refractivity contribution in [3.05, 3.63) is 54.4 Å². The Hall–Kier alpha value is -2.16. The summed E-state index contributed by atoms with van der Waals surface area (Å²) in [5.74, 6) is 0.228. The number of hydrogen-bond acceptors (Lipinski definition) is 2. The minimum Gasteiger partial charge on any atom is -0.342 e. The molecular formula is C18H19N2O. The minimum atomic E-state index is 0.228. The lowest BCUT2D eigenvalue weighted by atomic mass is 9.98. The molecule has 0 atom stereocenters. The van der Waals surface area contributed by atoms with Crippen LogP contribution in [0.5, 0.6) is 0 Å². The van der Waals surface area contributed by atoms with E-state index < -0.39 is 0 Å². The average molecular weight is 279 g/mol. The van der Waals surface area contributed by atoms with Crippen LogP contribution in [0.15, 0.2) is 42.6 Å². The number of benzene rings is 1. The second-order valence-corrected chi connectivity index (χ2v) is 5.44. The van der Waals surface area contributed by atoms with Crippen LogP contribution < -0.4 is 0 Å². The summed E-state index contributed by atoms with van der Waals surface area (Å²) < 4.78 is 0. The van der Waals surface area contributed by atoms with Crippen LogP contribution in [-0.4, -0.2) is 28.9 Å². The van der Waals surface area contributed by atoms with E-state index in [4.69, 9.17) is 0 Å². The summed E-state index contributed by atoms with van der Waals surface area (Å²) in [5, 5.41) is 0. The summed E-state index contributed by atoms with van der Waals surface area (Å²) in [4.78, 5) is 18.5. The second kappa shape index (κ2) is 6.53. The van der Waals surface area contributed by atoms with E-state index in [1.165, 1.54) is 6.42 Å². The van der Waals surface area contributed by atoms with Gasteiger partial charge in [0.1, 0.15) is 0 Å². The third-order valence-electron chi connectivity index (χ3n) is 3.97. The maximum absolute atomic E-state index is 12.5. The van der Waals surface area contributed by atoms with Gasteiger partial charge in [-0.3, -0.25) is 9.78 Å². The fourth-order valence-electron chi connectivity index (χ4n) is 2.83. The molecule has 3 rings (SSSR count). The van der Waals surface area contributed by atoms with Crippen LogP contribution in [0.2, 0.25) is 0 Å². The molecule has 0 aliphatic carbocycles. The first-order valence-electron chi connectivity index (χ1n) is 7.53. The van der Waals surface area contributed by atoms with Crippen molar-refractivity contribution in [2.45, 2.75) is 25.7 Å². The zero-order chi connectivity index (χ0) is 14.5. The molecule has 2 aromatic rings. The highest BCUT2D eigenvalue weighted by atomic mass is 16.2. The number of carbonyl (C=O) groups excluding carboxylic acids is 1. The first-order chi connectivity index (χ1) is 10.3. The highest BCUT2D eigenvalue weighted by Gasteiger charge is 2.18. The van der Waals surface area contributed by atoms with E-state index in [1.807, 2.05) is 41.3 Å². The number of pyridine rings is 1. The Kier molecular flexibility index (Phi) is 4.29. The molecule has 3 heteroatoms. The Bertz CT molecular complexity index is 604. The predicted octanol–water partition coefficient (Wildman–Crippen LogP) is 3.10. The number of rotatable bonds is 3. The van der Waals surface area contributed by atoms with Crippen LogP contribution in [0.1, 0.15) is 24.8 Å². The highest BCUT2D eigenvalue weighted by molar-refractivity contribution is 5.82. The number of nitrogens with zero attached hydrogens (tertiary/aromatic N) is 2. The monoisotopic (exact) mass is 279 g/mol. The largest absolute Gasteiger partial charge is 0.342 e. The topological polar surface area (TPSA) is 33.2 Å². The van der Waals surface area contributed by atoms with Crippen LogP contribution in [-0.2, 0) is 11.2 Å². The molecule has 2 heterocycles.